The molecule has 0 spiro atoms. The van der Waals surface area contributed by atoms with Gasteiger partial charge in [0.1, 0.15) is 0 Å². The third-order valence-corrected chi connectivity index (χ3v) is 3.87. The van der Waals surface area contributed by atoms with Crippen molar-refractivity contribution >= 4 is 11.6 Å². The Morgan fingerprint density at radius 2 is 2.00 bits per heavy atom. The van der Waals surface area contributed by atoms with Gasteiger partial charge in [-0.2, -0.15) is 5.10 Å². The van der Waals surface area contributed by atoms with E-state index < -0.39 is 0 Å². The van der Waals surface area contributed by atoms with Gasteiger partial charge in [0.05, 0.1) is 0 Å². The second-order valence-corrected chi connectivity index (χ2v) is 5.36. The Balaban J connectivity index is 1.54. The zero-order valence-corrected chi connectivity index (χ0v) is 10.6. The van der Waals surface area contributed by atoms with E-state index in [1.807, 2.05) is 25.1 Å². The highest BCUT2D eigenvalue weighted by atomic mass is 16.2. The van der Waals surface area contributed by atoms with E-state index in [1.54, 1.807) is 0 Å². The third kappa shape index (κ3) is 2.45. The van der Waals surface area contributed by atoms with Crippen LogP contribution in [-0.4, -0.2) is 11.6 Å². The molecule has 1 aromatic carbocycles. The van der Waals surface area contributed by atoms with Crippen LogP contribution in [0.15, 0.2) is 35.4 Å². The van der Waals surface area contributed by atoms with E-state index in [0.29, 0.717) is 11.8 Å². The van der Waals surface area contributed by atoms with Crippen LogP contribution >= 0.6 is 0 Å². The van der Waals surface area contributed by atoms with Gasteiger partial charge in [0.25, 0.3) is 0 Å². The van der Waals surface area contributed by atoms with Crippen LogP contribution < -0.4 is 5.43 Å². The average molecular weight is 242 g/mol. The number of hydrogen-bond donors (Lipinski definition) is 1. The number of rotatable bonds is 4. The Morgan fingerprint density at radius 3 is 2.67 bits per heavy atom. The molecule has 0 unspecified atom stereocenters. The molecule has 2 saturated carbocycles. The van der Waals surface area contributed by atoms with Crippen molar-refractivity contribution in [2.24, 2.45) is 16.9 Å². The summed E-state index contributed by atoms with van der Waals surface area (Å²) in [5.74, 6) is 1.20. The van der Waals surface area contributed by atoms with Crippen LogP contribution in [0, 0.1) is 11.8 Å². The number of benzene rings is 1. The molecule has 0 bridgehead atoms. The number of hydrazone groups is 1. The molecule has 94 valence electrons. The summed E-state index contributed by atoms with van der Waals surface area (Å²) in [6.45, 7) is 2.00. The fraction of sp³-hybridized carbons (Fsp3) is 0.467. The predicted molar refractivity (Wildman–Crippen MR) is 71.3 cm³/mol. The molecule has 0 saturated heterocycles. The maximum Gasteiger partial charge on any atom is 0.243 e. The standard InChI is InChI=1S/C15H18N2O/c1-10(11-7-8-11)16-17-15(18)14-9-13(14)12-5-3-2-4-6-12/h2-6,11,13-14H,7-9H2,1H3,(H,17,18)/t13-,14+/m0/s1. The molecule has 0 radical (unpaired) electrons. The molecule has 2 fully saturated rings. The zero-order valence-electron chi connectivity index (χ0n) is 10.6. The van der Waals surface area contributed by atoms with Crippen LogP contribution in [0.25, 0.3) is 0 Å². The van der Waals surface area contributed by atoms with E-state index in [1.165, 1.54) is 18.4 Å². The first kappa shape index (κ1) is 11.5. The van der Waals surface area contributed by atoms with Gasteiger partial charge in [-0.25, -0.2) is 5.43 Å². The van der Waals surface area contributed by atoms with Crippen molar-refractivity contribution < 1.29 is 4.79 Å². The number of carbonyl (C=O) groups is 1. The van der Waals surface area contributed by atoms with Crippen LogP contribution in [0.3, 0.4) is 0 Å². The molecule has 1 N–H and O–H groups in total. The van der Waals surface area contributed by atoms with Gasteiger partial charge in [-0.15, -0.1) is 0 Å². The van der Waals surface area contributed by atoms with Gasteiger partial charge >= 0.3 is 0 Å². The molecular formula is C15H18N2O. The number of nitrogens with zero attached hydrogens (tertiary/aromatic N) is 1. The van der Waals surface area contributed by atoms with E-state index in [9.17, 15) is 4.79 Å². The molecule has 0 heterocycles. The number of hydrogen-bond acceptors (Lipinski definition) is 2. The van der Waals surface area contributed by atoms with Crippen LogP contribution in [0.5, 0.6) is 0 Å². The molecule has 3 nitrogen and oxygen atoms in total. The van der Waals surface area contributed by atoms with Crippen molar-refractivity contribution in [1.29, 1.82) is 0 Å². The average Bonchev–Trinajstić information content (AvgIpc) is 3.29. The fourth-order valence-corrected chi connectivity index (χ4v) is 2.37. The largest absolute Gasteiger partial charge is 0.273 e. The smallest absolute Gasteiger partial charge is 0.243 e. The van der Waals surface area contributed by atoms with Crippen LogP contribution in [0.1, 0.15) is 37.7 Å². The van der Waals surface area contributed by atoms with Gasteiger partial charge in [0.2, 0.25) is 5.91 Å². The Hall–Kier alpha value is -1.64. The molecular weight excluding hydrogens is 224 g/mol. The van der Waals surface area contributed by atoms with Gasteiger partial charge in [-0.1, -0.05) is 30.3 Å². The molecule has 2 aliphatic carbocycles. The second-order valence-electron chi connectivity index (χ2n) is 5.36. The highest BCUT2D eigenvalue weighted by Gasteiger charge is 2.43. The van der Waals surface area contributed by atoms with Gasteiger partial charge < -0.3 is 0 Å². The highest BCUT2D eigenvalue weighted by molar-refractivity contribution is 5.89. The van der Waals surface area contributed by atoms with Crippen molar-refractivity contribution in [2.75, 3.05) is 0 Å². The zero-order chi connectivity index (χ0) is 12.5. The SMILES string of the molecule is CC(=NNC(=O)[C@@H]1C[C@H]1c1ccccc1)C1CC1. The fourth-order valence-electron chi connectivity index (χ4n) is 2.37. The number of carbonyl (C=O) groups excluding carboxylic acids is 1. The van der Waals surface area contributed by atoms with E-state index in [4.69, 9.17) is 0 Å². The topological polar surface area (TPSA) is 41.5 Å². The van der Waals surface area contributed by atoms with Gasteiger partial charge in [-0.05, 0) is 43.6 Å². The molecule has 0 aromatic heterocycles. The molecule has 3 heteroatoms. The molecule has 0 aliphatic heterocycles. The summed E-state index contributed by atoms with van der Waals surface area (Å²) in [4.78, 5) is 11.9. The number of nitrogens with one attached hydrogen (secondary N) is 1. The van der Waals surface area contributed by atoms with Crippen LogP contribution in [-0.2, 0) is 4.79 Å². The Morgan fingerprint density at radius 1 is 1.28 bits per heavy atom. The highest BCUT2D eigenvalue weighted by Crippen LogP contribution is 2.47. The molecule has 18 heavy (non-hydrogen) atoms. The molecule has 1 amide bonds. The minimum Gasteiger partial charge on any atom is -0.273 e. The summed E-state index contributed by atoms with van der Waals surface area (Å²) in [7, 11) is 0. The van der Waals surface area contributed by atoms with Crippen molar-refractivity contribution in [2.45, 2.75) is 32.1 Å². The quantitative estimate of drug-likeness (QED) is 0.640. The monoisotopic (exact) mass is 242 g/mol. The van der Waals surface area contributed by atoms with Crippen molar-refractivity contribution in [1.82, 2.24) is 5.43 Å². The normalized spacial score (nSPS) is 26.8. The van der Waals surface area contributed by atoms with Crippen LogP contribution in [0.4, 0.5) is 0 Å². The number of amides is 1. The van der Waals surface area contributed by atoms with E-state index >= 15 is 0 Å². The minimum atomic E-state index is 0.0730. The van der Waals surface area contributed by atoms with Gasteiger partial charge in [0.15, 0.2) is 0 Å². The van der Waals surface area contributed by atoms with Crippen molar-refractivity contribution in [3.05, 3.63) is 35.9 Å². The van der Waals surface area contributed by atoms with Crippen molar-refractivity contribution in [3.8, 4) is 0 Å². The minimum absolute atomic E-state index is 0.0730. The van der Waals surface area contributed by atoms with Gasteiger partial charge in [-0.3, -0.25) is 4.79 Å². The Kier molecular flexibility index (Phi) is 2.90. The molecule has 2 aliphatic rings. The lowest BCUT2D eigenvalue weighted by molar-refractivity contribution is -0.122. The predicted octanol–water partition coefficient (Wildman–Crippen LogP) is 2.69. The first-order valence-electron chi connectivity index (χ1n) is 6.64. The summed E-state index contributed by atoms with van der Waals surface area (Å²) >= 11 is 0. The first-order chi connectivity index (χ1) is 8.75. The molecule has 1 aromatic rings. The summed E-state index contributed by atoms with van der Waals surface area (Å²) in [5, 5.41) is 4.19. The van der Waals surface area contributed by atoms with Crippen LogP contribution in [0.2, 0.25) is 0 Å². The van der Waals surface area contributed by atoms with Gasteiger partial charge in [0, 0.05) is 11.6 Å². The second kappa shape index (κ2) is 4.56. The van der Waals surface area contributed by atoms with E-state index in [2.05, 4.69) is 22.7 Å². The Bertz CT molecular complexity index is 477. The lowest BCUT2D eigenvalue weighted by Gasteiger charge is -2.01. The summed E-state index contributed by atoms with van der Waals surface area (Å²) in [5.41, 5.74) is 5.05. The molecule has 2 atom stereocenters. The maximum atomic E-state index is 11.9. The molecule has 3 rings (SSSR count). The Labute approximate surface area is 107 Å². The van der Waals surface area contributed by atoms with E-state index in [-0.39, 0.29) is 11.8 Å². The third-order valence-electron chi connectivity index (χ3n) is 3.87. The summed E-state index contributed by atoms with van der Waals surface area (Å²) in [6.07, 6.45) is 3.40. The maximum absolute atomic E-state index is 11.9. The summed E-state index contributed by atoms with van der Waals surface area (Å²) < 4.78 is 0. The lowest BCUT2D eigenvalue weighted by Crippen LogP contribution is -2.21. The van der Waals surface area contributed by atoms with E-state index in [0.717, 1.165) is 12.1 Å². The lowest BCUT2D eigenvalue weighted by atomic mass is 10.1. The summed E-state index contributed by atoms with van der Waals surface area (Å²) in [6, 6.07) is 10.2. The van der Waals surface area contributed by atoms with Crippen molar-refractivity contribution in [3.63, 3.8) is 0 Å². The first-order valence-corrected chi connectivity index (χ1v) is 6.64.